The van der Waals surface area contributed by atoms with E-state index in [2.05, 4.69) is 26.0 Å². The Morgan fingerprint density at radius 1 is 1.13 bits per heavy atom. The number of carbonyl (C=O) groups excluding carboxylic acids is 1. The van der Waals surface area contributed by atoms with Gasteiger partial charge in [0.15, 0.2) is 5.43 Å². The molecule has 31 heavy (non-hydrogen) atoms. The molecule has 0 spiro atoms. The summed E-state index contributed by atoms with van der Waals surface area (Å²) in [5.41, 5.74) is 3.50. The molecular weight excluding hydrogens is 412 g/mol. The summed E-state index contributed by atoms with van der Waals surface area (Å²) in [7, 11) is 3.92. The average molecular weight is 439 g/mol. The minimum absolute atomic E-state index is 0.135. The van der Waals surface area contributed by atoms with Gasteiger partial charge in [-0.3, -0.25) is 9.59 Å². The fourth-order valence-corrected chi connectivity index (χ4v) is 4.25. The monoisotopic (exact) mass is 438 g/mol. The summed E-state index contributed by atoms with van der Waals surface area (Å²) < 4.78 is 6.02. The third-order valence-electron chi connectivity index (χ3n) is 5.95. The quantitative estimate of drug-likeness (QED) is 0.563. The van der Waals surface area contributed by atoms with Gasteiger partial charge in [0.05, 0.1) is 17.0 Å². The lowest BCUT2D eigenvalue weighted by atomic mass is 9.95. The first kappa shape index (κ1) is 21.6. The first-order valence-corrected chi connectivity index (χ1v) is 10.9. The van der Waals surface area contributed by atoms with Crippen LogP contribution < -0.4 is 5.43 Å². The van der Waals surface area contributed by atoms with E-state index in [-0.39, 0.29) is 17.1 Å². The van der Waals surface area contributed by atoms with E-state index in [1.54, 1.807) is 17.0 Å². The second kappa shape index (κ2) is 8.13. The Kier molecular flexibility index (Phi) is 5.67. The van der Waals surface area contributed by atoms with Crippen molar-refractivity contribution in [1.82, 2.24) is 9.80 Å². The van der Waals surface area contributed by atoms with Crippen LogP contribution >= 0.6 is 11.6 Å². The molecule has 0 saturated carbocycles. The van der Waals surface area contributed by atoms with Gasteiger partial charge in [-0.15, -0.1) is 0 Å². The summed E-state index contributed by atoms with van der Waals surface area (Å²) in [5.74, 6) is 0.285. The molecule has 0 unspecified atom stereocenters. The first-order chi connectivity index (χ1) is 14.7. The van der Waals surface area contributed by atoms with Crippen molar-refractivity contribution in [2.45, 2.75) is 32.7 Å². The van der Waals surface area contributed by atoms with Gasteiger partial charge in [0.2, 0.25) is 5.76 Å². The standard InChI is InChI=1S/C25H27ClN2O3/c1-14(2)16-6-8-17(9-7-16)22-21-23(29)18-13-19(26)15(3)12-20(18)31-24(21)25(30)28(22)11-10-27(4)5/h6-9,12-14,22H,10-11H2,1-5H3/t22-/m1/s1. The molecule has 1 aromatic heterocycles. The molecule has 1 amide bonds. The fraction of sp³-hybridized carbons (Fsp3) is 0.360. The van der Waals surface area contributed by atoms with Crippen molar-refractivity contribution in [1.29, 1.82) is 0 Å². The number of benzene rings is 2. The third kappa shape index (κ3) is 3.77. The zero-order valence-corrected chi connectivity index (χ0v) is 19.3. The summed E-state index contributed by atoms with van der Waals surface area (Å²) in [6, 6.07) is 11.0. The molecule has 0 radical (unpaired) electrons. The molecule has 0 aliphatic carbocycles. The fourth-order valence-electron chi connectivity index (χ4n) is 4.09. The largest absolute Gasteiger partial charge is 0.450 e. The van der Waals surface area contributed by atoms with Crippen LogP contribution in [0.25, 0.3) is 11.0 Å². The van der Waals surface area contributed by atoms with Crippen LogP contribution in [0.3, 0.4) is 0 Å². The Hall–Kier alpha value is -2.63. The van der Waals surface area contributed by atoms with Gasteiger partial charge >= 0.3 is 0 Å². The topological polar surface area (TPSA) is 53.8 Å². The van der Waals surface area contributed by atoms with Crippen molar-refractivity contribution in [3.8, 4) is 0 Å². The number of hydrogen-bond acceptors (Lipinski definition) is 4. The number of halogens is 1. The van der Waals surface area contributed by atoms with E-state index in [1.165, 1.54) is 5.56 Å². The molecule has 162 valence electrons. The predicted octanol–water partition coefficient (Wildman–Crippen LogP) is 4.99. The van der Waals surface area contributed by atoms with Crippen LogP contribution in [0.1, 0.15) is 58.6 Å². The number of amides is 1. The molecule has 0 N–H and O–H groups in total. The number of aryl methyl sites for hydroxylation is 1. The molecule has 0 saturated heterocycles. The minimum Gasteiger partial charge on any atom is -0.450 e. The number of nitrogens with zero attached hydrogens (tertiary/aromatic N) is 2. The molecule has 2 aromatic carbocycles. The predicted molar refractivity (Wildman–Crippen MR) is 124 cm³/mol. The maximum Gasteiger partial charge on any atom is 0.290 e. The lowest BCUT2D eigenvalue weighted by molar-refractivity contribution is 0.0716. The number of likely N-dealkylation sites (N-methyl/N-ethyl adjacent to an activating group) is 1. The maximum atomic E-state index is 13.6. The molecule has 2 heterocycles. The van der Waals surface area contributed by atoms with Crippen LogP contribution in [0, 0.1) is 6.92 Å². The molecule has 1 aliphatic heterocycles. The summed E-state index contributed by atoms with van der Waals surface area (Å²) in [5, 5.41) is 0.909. The summed E-state index contributed by atoms with van der Waals surface area (Å²) in [4.78, 5) is 30.7. The normalized spacial score (nSPS) is 16.1. The van der Waals surface area contributed by atoms with Gasteiger partial charge < -0.3 is 14.2 Å². The molecule has 0 bridgehead atoms. The van der Waals surface area contributed by atoms with Gasteiger partial charge in [0.25, 0.3) is 5.91 Å². The van der Waals surface area contributed by atoms with Gasteiger partial charge in [-0.25, -0.2) is 0 Å². The van der Waals surface area contributed by atoms with E-state index in [1.807, 2.05) is 38.1 Å². The molecule has 0 fully saturated rings. The second-order valence-electron chi connectivity index (χ2n) is 8.80. The van der Waals surface area contributed by atoms with E-state index in [0.717, 1.165) is 11.1 Å². The van der Waals surface area contributed by atoms with Crippen LogP contribution in [0.5, 0.6) is 0 Å². The average Bonchev–Trinajstić information content (AvgIpc) is 3.00. The van der Waals surface area contributed by atoms with E-state index in [4.69, 9.17) is 16.0 Å². The van der Waals surface area contributed by atoms with E-state index in [0.29, 0.717) is 40.6 Å². The molecule has 5 nitrogen and oxygen atoms in total. The van der Waals surface area contributed by atoms with Crippen molar-refractivity contribution < 1.29 is 9.21 Å². The molecule has 1 aliphatic rings. The van der Waals surface area contributed by atoms with Gasteiger partial charge in [0, 0.05) is 18.1 Å². The Morgan fingerprint density at radius 2 is 1.81 bits per heavy atom. The van der Waals surface area contributed by atoms with Gasteiger partial charge in [-0.05, 0) is 55.8 Å². The molecule has 6 heteroatoms. The smallest absolute Gasteiger partial charge is 0.290 e. The number of rotatable bonds is 5. The van der Waals surface area contributed by atoms with Crippen LogP contribution in [-0.2, 0) is 0 Å². The summed E-state index contributed by atoms with van der Waals surface area (Å²) in [6.07, 6.45) is 0. The van der Waals surface area contributed by atoms with E-state index < -0.39 is 6.04 Å². The van der Waals surface area contributed by atoms with Crippen LogP contribution in [-0.4, -0.2) is 42.9 Å². The zero-order valence-electron chi connectivity index (χ0n) is 18.5. The first-order valence-electron chi connectivity index (χ1n) is 10.5. The highest BCUT2D eigenvalue weighted by atomic mass is 35.5. The third-order valence-corrected chi connectivity index (χ3v) is 6.36. The van der Waals surface area contributed by atoms with Crippen LogP contribution in [0.4, 0.5) is 0 Å². The molecule has 1 atom stereocenters. The number of hydrogen-bond donors (Lipinski definition) is 0. The van der Waals surface area contributed by atoms with Crippen molar-refractivity contribution in [3.63, 3.8) is 0 Å². The molecule has 4 rings (SSSR count). The Morgan fingerprint density at radius 3 is 2.42 bits per heavy atom. The van der Waals surface area contributed by atoms with Crippen molar-refractivity contribution in [2.75, 3.05) is 27.2 Å². The summed E-state index contributed by atoms with van der Waals surface area (Å²) >= 11 is 6.29. The lowest BCUT2D eigenvalue weighted by Gasteiger charge is -2.26. The number of fused-ring (bicyclic) bond motifs is 2. The van der Waals surface area contributed by atoms with Gasteiger partial charge in [0.1, 0.15) is 5.58 Å². The Balaban J connectivity index is 1.92. The lowest BCUT2D eigenvalue weighted by Crippen LogP contribution is -2.35. The van der Waals surface area contributed by atoms with E-state index in [9.17, 15) is 9.59 Å². The highest BCUT2D eigenvalue weighted by Gasteiger charge is 2.42. The van der Waals surface area contributed by atoms with Crippen LogP contribution in [0.2, 0.25) is 5.02 Å². The second-order valence-corrected chi connectivity index (χ2v) is 9.20. The Bertz CT molecular complexity index is 1210. The zero-order chi connectivity index (χ0) is 22.4. The van der Waals surface area contributed by atoms with Crippen LogP contribution in [0.15, 0.2) is 45.6 Å². The SMILES string of the molecule is Cc1cc2oc3c(c(=O)c2cc1Cl)[C@@H](c1ccc(C(C)C)cc1)N(CCN(C)C)C3=O. The van der Waals surface area contributed by atoms with Gasteiger partial charge in [-0.2, -0.15) is 0 Å². The van der Waals surface area contributed by atoms with Crippen molar-refractivity contribution in [3.05, 3.63) is 79.7 Å². The maximum absolute atomic E-state index is 13.6. The minimum atomic E-state index is -0.482. The highest BCUT2D eigenvalue weighted by Crippen LogP contribution is 2.38. The van der Waals surface area contributed by atoms with Crippen molar-refractivity contribution >= 4 is 28.5 Å². The highest BCUT2D eigenvalue weighted by molar-refractivity contribution is 6.32. The van der Waals surface area contributed by atoms with E-state index >= 15 is 0 Å². The summed E-state index contributed by atoms with van der Waals surface area (Å²) in [6.45, 7) is 7.29. The van der Waals surface area contributed by atoms with Gasteiger partial charge in [-0.1, -0.05) is 49.7 Å². The molecular formula is C25H27ClN2O3. The molecule has 3 aromatic rings. The number of carbonyl (C=O) groups is 1. The van der Waals surface area contributed by atoms with Crippen molar-refractivity contribution in [2.24, 2.45) is 0 Å². The Labute approximate surface area is 187 Å².